The summed E-state index contributed by atoms with van der Waals surface area (Å²) >= 11 is 0. The maximum atomic E-state index is 9.21. The van der Waals surface area contributed by atoms with Gasteiger partial charge in [0, 0.05) is 18.3 Å². The molecule has 17 heavy (non-hydrogen) atoms. The summed E-state index contributed by atoms with van der Waals surface area (Å²) in [7, 11) is 0. The van der Waals surface area contributed by atoms with E-state index in [9.17, 15) is 5.11 Å². The molecule has 0 aromatic carbocycles. The largest absolute Gasteiger partial charge is 0.394 e. The molecule has 5 heteroatoms. The van der Waals surface area contributed by atoms with Crippen molar-refractivity contribution >= 4 is 11.8 Å². The molecule has 0 bridgehead atoms. The number of nitrogens with one attached hydrogen (secondary N) is 2. The van der Waals surface area contributed by atoms with Gasteiger partial charge in [-0.05, 0) is 27.2 Å². The Morgan fingerprint density at radius 3 is 2.65 bits per heavy atom. The summed E-state index contributed by atoms with van der Waals surface area (Å²) in [5, 5.41) is 15.6. The Morgan fingerprint density at radius 1 is 1.35 bits per heavy atom. The topological polar surface area (TPSA) is 70.1 Å². The van der Waals surface area contributed by atoms with Crippen LogP contribution in [0.1, 0.15) is 32.9 Å². The fourth-order valence-corrected chi connectivity index (χ4v) is 1.33. The number of aliphatic hydroxyl groups excluding tert-OH is 1. The van der Waals surface area contributed by atoms with Gasteiger partial charge >= 0.3 is 0 Å². The highest BCUT2D eigenvalue weighted by Gasteiger charge is 2.16. The third-order valence-electron chi connectivity index (χ3n) is 2.25. The highest BCUT2D eigenvalue weighted by Crippen LogP contribution is 2.15. The molecule has 0 spiro atoms. The second kappa shape index (κ2) is 5.82. The zero-order valence-electron chi connectivity index (χ0n) is 11.0. The van der Waals surface area contributed by atoms with Crippen molar-refractivity contribution in [1.29, 1.82) is 0 Å². The molecule has 96 valence electrons. The summed E-state index contributed by atoms with van der Waals surface area (Å²) in [4.78, 5) is 8.66. The van der Waals surface area contributed by atoms with Gasteiger partial charge in [0.05, 0.1) is 12.1 Å². The minimum atomic E-state index is -0.386. The van der Waals surface area contributed by atoms with Crippen LogP contribution in [0, 0.1) is 6.92 Å². The predicted octanol–water partition coefficient (Wildman–Crippen LogP) is 1.79. The highest BCUT2D eigenvalue weighted by atomic mass is 16.3. The molecule has 0 atom stereocenters. The number of aliphatic hydroxyl groups is 1. The van der Waals surface area contributed by atoms with E-state index in [1.54, 1.807) is 0 Å². The van der Waals surface area contributed by atoms with Gasteiger partial charge in [0.15, 0.2) is 0 Å². The van der Waals surface area contributed by atoms with Crippen molar-refractivity contribution in [2.45, 2.75) is 39.7 Å². The summed E-state index contributed by atoms with van der Waals surface area (Å²) in [5.41, 5.74) is 0.512. The van der Waals surface area contributed by atoms with Crippen molar-refractivity contribution in [3.63, 3.8) is 0 Å². The Hall–Kier alpha value is -1.36. The number of anilines is 2. The molecule has 1 heterocycles. The first-order valence-corrected chi connectivity index (χ1v) is 5.95. The lowest BCUT2D eigenvalue weighted by Gasteiger charge is -2.24. The van der Waals surface area contributed by atoms with Crippen LogP contribution in [-0.2, 0) is 0 Å². The van der Waals surface area contributed by atoms with Gasteiger partial charge in [0.25, 0.3) is 0 Å². The molecule has 0 unspecified atom stereocenters. The van der Waals surface area contributed by atoms with Crippen LogP contribution in [-0.4, -0.2) is 33.8 Å². The molecule has 0 amide bonds. The van der Waals surface area contributed by atoms with Crippen LogP contribution in [0.15, 0.2) is 6.07 Å². The number of nitrogens with zero attached hydrogens (tertiary/aromatic N) is 2. The second-order valence-electron chi connectivity index (χ2n) is 4.81. The van der Waals surface area contributed by atoms with Gasteiger partial charge in [0.1, 0.15) is 5.82 Å². The van der Waals surface area contributed by atoms with Crippen molar-refractivity contribution < 1.29 is 5.11 Å². The number of hydrogen-bond acceptors (Lipinski definition) is 5. The summed E-state index contributed by atoms with van der Waals surface area (Å²) in [6.45, 7) is 8.76. The molecular formula is C12H22N4O. The van der Waals surface area contributed by atoms with E-state index in [1.165, 1.54) is 0 Å². The van der Waals surface area contributed by atoms with Crippen LogP contribution in [0.2, 0.25) is 0 Å². The first kappa shape index (κ1) is 13.7. The Bertz CT molecular complexity index is 366. The molecule has 0 aliphatic rings. The maximum absolute atomic E-state index is 9.21. The van der Waals surface area contributed by atoms with Crippen molar-refractivity contribution in [2.24, 2.45) is 0 Å². The fraction of sp³-hybridized carbons (Fsp3) is 0.667. The Morgan fingerprint density at radius 2 is 2.06 bits per heavy atom. The molecule has 0 aliphatic heterocycles. The van der Waals surface area contributed by atoms with E-state index < -0.39 is 0 Å². The Balaban J connectivity index is 2.82. The zero-order chi connectivity index (χ0) is 12.9. The van der Waals surface area contributed by atoms with Gasteiger partial charge in [-0.15, -0.1) is 0 Å². The molecule has 1 aromatic rings. The van der Waals surface area contributed by atoms with E-state index in [1.807, 2.05) is 26.8 Å². The molecule has 0 aliphatic carbocycles. The van der Waals surface area contributed by atoms with Crippen molar-refractivity contribution in [1.82, 2.24) is 9.97 Å². The van der Waals surface area contributed by atoms with E-state index in [-0.39, 0.29) is 12.1 Å². The van der Waals surface area contributed by atoms with E-state index in [0.29, 0.717) is 5.95 Å². The monoisotopic (exact) mass is 238 g/mol. The summed E-state index contributed by atoms with van der Waals surface area (Å²) in [6.07, 6.45) is 1.03. The van der Waals surface area contributed by atoms with Gasteiger partial charge in [-0.2, -0.15) is 4.98 Å². The smallest absolute Gasteiger partial charge is 0.224 e. The minimum Gasteiger partial charge on any atom is -0.394 e. The third-order valence-corrected chi connectivity index (χ3v) is 2.25. The average Bonchev–Trinajstić information content (AvgIpc) is 2.25. The van der Waals surface area contributed by atoms with Gasteiger partial charge in [0.2, 0.25) is 5.95 Å². The lowest BCUT2D eigenvalue weighted by molar-refractivity contribution is 0.234. The van der Waals surface area contributed by atoms with Crippen LogP contribution < -0.4 is 10.6 Å². The molecular weight excluding hydrogens is 216 g/mol. The van der Waals surface area contributed by atoms with E-state index in [0.717, 1.165) is 24.5 Å². The SMILES string of the molecule is CCCNc1nc(C)cc(NC(C)(C)CO)n1. The van der Waals surface area contributed by atoms with Crippen LogP contribution >= 0.6 is 0 Å². The number of aryl methyl sites for hydroxylation is 1. The number of hydrogen-bond donors (Lipinski definition) is 3. The molecule has 0 fully saturated rings. The first-order valence-electron chi connectivity index (χ1n) is 5.95. The average molecular weight is 238 g/mol. The fourth-order valence-electron chi connectivity index (χ4n) is 1.33. The van der Waals surface area contributed by atoms with Gasteiger partial charge in [-0.3, -0.25) is 0 Å². The standard InChI is InChI=1S/C12H22N4O/c1-5-6-13-11-14-9(2)7-10(15-11)16-12(3,4)8-17/h7,17H,5-6,8H2,1-4H3,(H2,13,14,15,16). The van der Waals surface area contributed by atoms with Crippen LogP contribution in [0.5, 0.6) is 0 Å². The van der Waals surface area contributed by atoms with Crippen LogP contribution in [0.25, 0.3) is 0 Å². The number of aromatic nitrogens is 2. The summed E-state index contributed by atoms with van der Waals surface area (Å²) in [5.74, 6) is 1.36. The van der Waals surface area contributed by atoms with Crippen molar-refractivity contribution in [2.75, 3.05) is 23.8 Å². The van der Waals surface area contributed by atoms with E-state index >= 15 is 0 Å². The van der Waals surface area contributed by atoms with Crippen LogP contribution in [0.4, 0.5) is 11.8 Å². The van der Waals surface area contributed by atoms with E-state index in [2.05, 4.69) is 27.5 Å². The third kappa shape index (κ3) is 4.56. The van der Waals surface area contributed by atoms with Crippen molar-refractivity contribution in [3.05, 3.63) is 11.8 Å². The summed E-state index contributed by atoms with van der Waals surface area (Å²) in [6, 6.07) is 1.87. The normalized spacial score (nSPS) is 11.4. The first-order chi connectivity index (χ1) is 7.96. The summed E-state index contributed by atoms with van der Waals surface area (Å²) < 4.78 is 0. The van der Waals surface area contributed by atoms with Crippen LogP contribution in [0.3, 0.4) is 0 Å². The van der Waals surface area contributed by atoms with Gasteiger partial charge in [-0.25, -0.2) is 4.98 Å². The Kier molecular flexibility index (Phi) is 4.69. The Labute approximate surface area is 103 Å². The minimum absolute atomic E-state index is 0.0494. The second-order valence-corrected chi connectivity index (χ2v) is 4.81. The lowest BCUT2D eigenvalue weighted by atomic mass is 10.1. The highest BCUT2D eigenvalue weighted by molar-refractivity contribution is 5.43. The molecule has 1 aromatic heterocycles. The zero-order valence-corrected chi connectivity index (χ0v) is 11.0. The molecule has 0 saturated heterocycles. The van der Waals surface area contributed by atoms with E-state index in [4.69, 9.17) is 0 Å². The van der Waals surface area contributed by atoms with Gasteiger partial charge in [-0.1, -0.05) is 6.92 Å². The predicted molar refractivity (Wildman–Crippen MR) is 70.3 cm³/mol. The van der Waals surface area contributed by atoms with Gasteiger partial charge < -0.3 is 15.7 Å². The lowest BCUT2D eigenvalue weighted by Crippen LogP contribution is -2.35. The molecule has 5 nitrogen and oxygen atoms in total. The molecule has 0 radical (unpaired) electrons. The molecule has 0 saturated carbocycles. The quantitative estimate of drug-likeness (QED) is 0.705. The van der Waals surface area contributed by atoms with Crippen molar-refractivity contribution in [3.8, 4) is 0 Å². The molecule has 3 N–H and O–H groups in total. The number of rotatable bonds is 6. The maximum Gasteiger partial charge on any atom is 0.224 e. The molecule has 1 rings (SSSR count).